The fourth-order valence-corrected chi connectivity index (χ4v) is 9.16. The van der Waals surface area contributed by atoms with Crippen LogP contribution in [0.3, 0.4) is 0 Å². The Labute approximate surface area is 310 Å². The summed E-state index contributed by atoms with van der Waals surface area (Å²) in [6.45, 7) is 0. The van der Waals surface area contributed by atoms with Gasteiger partial charge in [-0.1, -0.05) is 115 Å². The van der Waals surface area contributed by atoms with Crippen LogP contribution in [0.2, 0.25) is 0 Å². The molecule has 0 fully saturated rings. The van der Waals surface area contributed by atoms with Crippen molar-refractivity contribution in [1.82, 2.24) is 0 Å². The Morgan fingerprint density at radius 2 is 1.00 bits per heavy atom. The van der Waals surface area contributed by atoms with Crippen LogP contribution in [0, 0.1) is 0 Å². The Hall–Kier alpha value is -6.68. The molecule has 0 radical (unpaired) electrons. The molecule has 2 heterocycles. The smallest absolute Gasteiger partial charge is 0.137 e. The summed E-state index contributed by atoms with van der Waals surface area (Å²) in [6, 6.07) is 68.0. The molecule has 53 heavy (non-hydrogen) atoms. The molecule has 0 aliphatic heterocycles. The highest BCUT2D eigenvalue weighted by Gasteiger charge is 2.17. The van der Waals surface area contributed by atoms with Crippen molar-refractivity contribution in [2.45, 2.75) is 0 Å². The maximum absolute atomic E-state index is 6.36. The molecule has 248 valence electrons. The van der Waals surface area contributed by atoms with Crippen LogP contribution in [0.1, 0.15) is 0 Å². The predicted octanol–water partition coefficient (Wildman–Crippen LogP) is 15.1. The van der Waals surface area contributed by atoms with E-state index in [-0.39, 0.29) is 0 Å². The van der Waals surface area contributed by atoms with Gasteiger partial charge >= 0.3 is 0 Å². The van der Waals surface area contributed by atoms with E-state index in [2.05, 4.69) is 181 Å². The third-order valence-corrected chi connectivity index (χ3v) is 11.8. The van der Waals surface area contributed by atoms with Gasteiger partial charge < -0.3 is 9.32 Å². The molecule has 9 aromatic carbocycles. The standard InChI is InChI=1S/C50H31NOS/c1-2-10-41-33(8-1)9-7-13-42(41)34-20-24-39(25-21-34)51(40-26-27-44-43-11-3-5-14-47(43)52-48(44)31-40)38-22-18-32(19-23-38)35-16-17-36-29-46-45-12-4-6-15-49(45)53-50(46)30-37(36)28-35/h1-31H. The number of thiophene rings is 1. The molecule has 0 N–H and O–H groups in total. The summed E-state index contributed by atoms with van der Waals surface area (Å²) in [5, 5.41) is 9.95. The number of hydrogen-bond donors (Lipinski definition) is 0. The van der Waals surface area contributed by atoms with Gasteiger partial charge in [-0.25, -0.2) is 0 Å². The Bertz CT molecular complexity index is 3160. The molecule has 0 aliphatic carbocycles. The van der Waals surface area contributed by atoms with Crippen LogP contribution in [0.5, 0.6) is 0 Å². The SMILES string of the molecule is c1ccc2c(-c3ccc(N(c4ccc(-c5ccc6cc7c(cc6c5)sc5ccccc57)cc4)c4ccc5c(c4)oc4ccccc45)cc3)cccc2c1. The lowest BCUT2D eigenvalue weighted by Gasteiger charge is -2.26. The molecule has 2 nitrogen and oxygen atoms in total. The molecule has 0 spiro atoms. The predicted molar refractivity (Wildman–Crippen MR) is 227 cm³/mol. The van der Waals surface area contributed by atoms with Gasteiger partial charge in [0.2, 0.25) is 0 Å². The number of fused-ring (bicyclic) bond motifs is 8. The zero-order valence-electron chi connectivity index (χ0n) is 28.7. The first-order valence-corrected chi connectivity index (χ1v) is 18.8. The van der Waals surface area contributed by atoms with Crippen molar-refractivity contribution < 1.29 is 4.42 Å². The third-order valence-electron chi connectivity index (χ3n) is 10.6. The third kappa shape index (κ3) is 5.01. The van der Waals surface area contributed by atoms with Gasteiger partial charge in [0.1, 0.15) is 11.2 Å². The summed E-state index contributed by atoms with van der Waals surface area (Å²) >= 11 is 1.87. The molecule has 0 saturated heterocycles. The van der Waals surface area contributed by atoms with E-state index in [1.807, 2.05) is 23.5 Å². The zero-order valence-corrected chi connectivity index (χ0v) is 29.5. The number of hydrogen-bond acceptors (Lipinski definition) is 3. The lowest BCUT2D eigenvalue weighted by atomic mass is 9.98. The Morgan fingerprint density at radius 3 is 1.85 bits per heavy atom. The topological polar surface area (TPSA) is 16.4 Å². The Balaban J connectivity index is 0.999. The molecular weight excluding hydrogens is 663 g/mol. The number of nitrogens with zero attached hydrogens (tertiary/aromatic N) is 1. The minimum atomic E-state index is 0.876. The summed E-state index contributed by atoms with van der Waals surface area (Å²) in [6.07, 6.45) is 0. The summed E-state index contributed by atoms with van der Waals surface area (Å²) in [5.74, 6) is 0. The first-order valence-electron chi connectivity index (χ1n) is 18.0. The van der Waals surface area contributed by atoms with E-state index in [4.69, 9.17) is 4.42 Å². The summed E-state index contributed by atoms with van der Waals surface area (Å²) in [5.41, 5.74) is 9.80. The highest BCUT2D eigenvalue weighted by Crippen LogP contribution is 2.41. The van der Waals surface area contributed by atoms with Gasteiger partial charge in [-0.05, 0) is 111 Å². The monoisotopic (exact) mass is 693 g/mol. The average Bonchev–Trinajstić information content (AvgIpc) is 3.77. The van der Waals surface area contributed by atoms with Crippen molar-refractivity contribution in [2.75, 3.05) is 4.90 Å². The van der Waals surface area contributed by atoms with Crippen LogP contribution in [-0.4, -0.2) is 0 Å². The first kappa shape index (κ1) is 30.0. The largest absolute Gasteiger partial charge is 0.456 e. The van der Waals surface area contributed by atoms with E-state index < -0.39 is 0 Å². The second-order valence-electron chi connectivity index (χ2n) is 13.7. The molecule has 11 aromatic rings. The highest BCUT2D eigenvalue weighted by atomic mass is 32.1. The van der Waals surface area contributed by atoms with Crippen molar-refractivity contribution >= 4 is 92.1 Å². The summed E-state index contributed by atoms with van der Waals surface area (Å²) in [4.78, 5) is 2.32. The van der Waals surface area contributed by atoms with Crippen LogP contribution < -0.4 is 4.90 Å². The van der Waals surface area contributed by atoms with Gasteiger partial charge in [-0.3, -0.25) is 0 Å². The lowest BCUT2D eigenvalue weighted by molar-refractivity contribution is 0.669. The van der Waals surface area contributed by atoms with Crippen molar-refractivity contribution in [2.24, 2.45) is 0 Å². The van der Waals surface area contributed by atoms with Gasteiger partial charge in [-0.2, -0.15) is 0 Å². The fourth-order valence-electron chi connectivity index (χ4n) is 8.02. The number of anilines is 3. The number of benzene rings is 9. The molecular formula is C50H31NOS. The maximum atomic E-state index is 6.36. The van der Waals surface area contributed by atoms with Gasteiger partial charge in [0.25, 0.3) is 0 Å². The number of para-hydroxylation sites is 1. The molecule has 0 unspecified atom stereocenters. The van der Waals surface area contributed by atoms with Gasteiger partial charge in [0, 0.05) is 54.1 Å². The average molecular weight is 694 g/mol. The highest BCUT2D eigenvalue weighted by molar-refractivity contribution is 7.25. The van der Waals surface area contributed by atoms with Gasteiger partial charge in [-0.15, -0.1) is 11.3 Å². The minimum Gasteiger partial charge on any atom is -0.456 e. The van der Waals surface area contributed by atoms with Crippen LogP contribution in [-0.2, 0) is 0 Å². The van der Waals surface area contributed by atoms with E-state index in [1.54, 1.807) is 0 Å². The van der Waals surface area contributed by atoms with Crippen LogP contribution >= 0.6 is 11.3 Å². The maximum Gasteiger partial charge on any atom is 0.137 e. The summed E-state index contributed by atoms with van der Waals surface area (Å²) < 4.78 is 9.03. The number of rotatable bonds is 5. The van der Waals surface area contributed by atoms with Crippen molar-refractivity contribution in [3.8, 4) is 22.3 Å². The van der Waals surface area contributed by atoms with E-state index in [0.29, 0.717) is 0 Å². The molecule has 0 aliphatic rings. The van der Waals surface area contributed by atoms with E-state index in [0.717, 1.165) is 39.0 Å². The first-order chi connectivity index (χ1) is 26.2. The normalized spacial score (nSPS) is 11.8. The molecule has 11 rings (SSSR count). The van der Waals surface area contributed by atoms with Crippen molar-refractivity contribution in [3.05, 3.63) is 188 Å². The number of furan rings is 1. The molecule has 0 saturated carbocycles. The van der Waals surface area contributed by atoms with E-state index in [1.165, 1.54) is 64.0 Å². The lowest BCUT2D eigenvalue weighted by Crippen LogP contribution is -2.09. The zero-order chi connectivity index (χ0) is 34.9. The molecule has 0 amide bonds. The molecule has 0 bridgehead atoms. The quantitative estimate of drug-likeness (QED) is 0.178. The van der Waals surface area contributed by atoms with Crippen molar-refractivity contribution in [1.29, 1.82) is 0 Å². The van der Waals surface area contributed by atoms with E-state index in [9.17, 15) is 0 Å². The molecule has 3 heteroatoms. The van der Waals surface area contributed by atoms with Crippen LogP contribution in [0.4, 0.5) is 17.1 Å². The Morgan fingerprint density at radius 1 is 0.340 bits per heavy atom. The van der Waals surface area contributed by atoms with Gasteiger partial charge in [0.05, 0.1) is 0 Å². The molecule has 0 atom stereocenters. The van der Waals surface area contributed by atoms with Crippen LogP contribution in [0.25, 0.3) is 85.9 Å². The van der Waals surface area contributed by atoms with E-state index >= 15 is 0 Å². The summed E-state index contributed by atoms with van der Waals surface area (Å²) in [7, 11) is 0. The second kappa shape index (κ2) is 11.9. The fraction of sp³-hybridized carbons (Fsp3) is 0. The second-order valence-corrected chi connectivity index (χ2v) is 14.8. The van der Waals surface area contributed by atoms with Crippen LogP contribution in [0.15, 0.2) is 192 Å². The molecule has 2 aromatic heterocycles. The Kier molecular flexibility index (Phi) is 6.76. The minimum absolute atomic E-state index is 0.876. The van der Waals surface area contributed by atoms with Crippen molar-refractivity contribution in [3.63, 3.8) is 0 Å². The van der Waals surface area contributed by atoms with Gasteiger partial charge in [0.15, 0.2) is 0 Å².